The summed E-state index contributed by atoms with van der Waals surface area (Å²) in [5, 5.41) is 0. The predicted octanol–water partition coefficient (Wildman–Crippen LogP) is 4.00. The van der Waals surface area contributed by atoms with Gasteiger partial charge in [0.2, 0.25) is 0 Å². The highest BCUT2D eigenvalue weighted by Crippen LogP contribution is 2.40. The van der Waals surface area contributed by atoms with Crippen molar-refractivity contribution >= 4 is 5.78 Å². The summed E-state index contributed by atoms with van der Waals surface area (Å²) in [5.41, 5.74) is 1.99. The third kappa shape index (κ3) is 2.58. The molecule has 0 aliphatic heterocycles. The van der Waals surface area contributed by atoms with Crippen LogP contribution in [0.1, 0.15) is 34.3 Å². The Morgan fingerprint density at radius 2 is 1.74 bits per heavy atom. The largest absolute Gasteiger partial charge is 0.497 e. The summed E-state index contributed by atoms with van der Waals surface area (Å²) in [6, 6.07) is 11.1. The number of carbonyl (C=O) groups is 1. The van der Waals surface area contributed by atoms with Gasteiger partial charge in [0.05, 0.1) is 19.8 Å². The molecule has 0 saturated carbocycles. The van der Waals surface area contributed by atoms with Crippen molar-refractivity contribution < 1.29 is 18.7 Å². The van der Waals surface area contributed by atoms with E-state index in [9.17, 15) is 9.18 Å². The maximum Gasteiger partial charge on any atom is 0.176 e. The highest BCUT2D eigenvalue weighted by molar-refractivity contribution is 6.01. The maximum absolute atomic E-state index is 14.4. The normalized spacial score (nSPS) is 20.1. The van der Waals surface area contributed by atoms with Gasteiger partial charge in [0.15, 0.2) is 17.3 Å². The number of fused-ring (bicyclic) bond motifs is 1. The average Bonchev–Trinajstić information content (AvgIpc) is 2.58. The Bertz CT molecular complexity index is 737. The molecule has 4 heteroatoms. The summed E-state index contributed by atoms with van der Waals surface area (Å²) >= 11 is 0. The topological polar surface area (TPSA) is 35.5 Å². The Hall–Kier alpha value is -2.36. The molecule has 120 valence electrons. The molecule has 0 N–H and O–H groups in total. The minimum absolute atomic E-state index is 0.0358. The molecule has 3 rings (SSSR count). The molecular formula is C19H19FO3. The van der Waals surface area contributed by atoms with Gasteiger partial charge in [0.25, 0.3) is 0 Å². The van der Waals surface area contributed by atoms with Crippen molar-refractivity contribution in [2.24, 2.45) is 5.92 Å². The molecule has 0 bridgehead atoms. The van der Waals surface area contributed by atoms with Gasteiger partial charge < -0.3 is 9.47 Å². The molecule has 1 aliphatic rings. The first-order valence-electron chi connectivity index (χ1n) is 7.60. The molecule has 0 amide bonds. The van der Waals surface area contributed by atoms with Crippen molar-refractivity contribution in [3.05, 3.63) is 58.9 Å². The van der Waals surface area contributed by atoms with Crippen LogP contribution in [-0.2, 0) is 6.42 Å². The van der Waals surface area contributed by atoms with Crippen LogP contribution in [0.25, 0.3) is 0 Å². The lowest BCUT2D eigenvalue weighted by Gasteiger charge is -2.30. The lowest BCUT2D eigenvalue weighted by molar-refractivity contribution is 0.0892. The fourth-order valence-electron chi connectivity index (χ4n) is 3.27. The van der Waals surface area contributed by atoms with Crippen molar-refractivity contribution in [2.75, 3.05) is 14.2 Å². The zero-order chi connectivity index (χ0) is 16.6. The SMILES string of the molecule is COc1ccc(C2Cc3ccc(OC)c(F)c3C(=O)C2C)cc1. The monoisotopic (exact) mass is 314 g/mol. The van der Waals surface area contributed by atoms with Crippen LogP contribution in [-0.4, -0.2) is 20.0 Å². The summed E-state index contributed by atoms with van der Waals surface area (Å²) < 4.78 is 24.6. The molecule has 0 fully saturated rings. The van der Waals surface area contributed by atoms with Crippen molar-refractivity contribution in [3.8, 4) is 11.5 Å². The second-order valence-electron chi connectivity index (χ2n) is 5.85. The van der Waals surface area contributed by atoms with Crippen molar-refractivity contribution in [1.82, 2.24) is 0 Å². The molecule has 0 radical (unpaired) electrons. The van der Waals surface area contributed by atoms with Crippen LogP contribution >= 0.6 is 0 Å². The van der Waals surface area contributed by atoms with Gasteiger partial charge >= 0.3 is 0 Å². The minimum atomic E-state index is -0.546. The zero-order valence-electron chi connectivity index (χ0n) is 13.4. The quantitative estimate of drug-likeness (QED) is 0.859. The van der Waals surface area contributed by atoms with Crippen molar-refractivity contribution in [1.29, 1.82) is 0 Å². The number of ether oxygens (including phenoxy) is 2. The van der Waals surface area contributed by atoms with Gasteiger partial charge in [-0.25, -0.2) is 4.39 Å². The average molecular weight is 314 g/mol. The van der Waals surface area contributed by atoms with Crippen LogP contribution in [0.4, 0.5) is 4.39 Å². The van der Waals surface area contributed by atoms with Gasteiger partial charge in [-0.2, -0.15) is 0 Å². The Balaban J connectivity index is 2.01. The first-order valence-corrected chi connectivity index (χ1v) is 7.60. The van der Waals surface area contributed by atoms with E-state index >= 15 is 0 Å². The standard InChI is InChI=1S/C19H19FO3/c1-11-15(12-4-7-14(22-2)8-5-12)10-13-6-9-16(23-3)18(20)17(13)19(11)21/h4-9,11,15H,10H2,1-3H3. The summed E-state index contributed by atoms with van der Waals surface area (Å²) in [5.74, 6) is -0.0587. The Labute approximate surface area is 135 Å². The molecule has 1 aliphatic carbocycles. The number of benzene rings is 2. The molecular weight excluding hydrogens is 295 g/mol. The van der Waals surface area contributed by atoms with Crippen LogP contribution < -0.4 is 9.47 Å². The van der Waals surface area contributed by atoms with Crippen LogP contribution in [0.15, 0.2) is 36.4 Å². The van der Waals surface area contributed by atoms with Gasteiger partial charge in [0.1, 0.15) is 5.75 Å². The minimum Gasteiger partial charge on any atom is -0.497 e. The number of Topliss-reactive ketones (excluding diaryl/α,β-unsaturated/α-hetero) is 1. The van der Waals surface area contributed by atoms with E-state index in [0.717, 1.165) is 16.9 Å². The number of methoxy groups -OCH3 is 2. The number of hydrogen-bond acceptors (Lipinski definition) is 3. The van der Waals surface area contributed by atoms with E-state index in [2.05, 4.69) is 0 Å². The lowest BCUT2D eigenvalue weighted by Crippen LogP contribution is -2.29. The maximum atomic E-state index is 14.4. The third-order valence-electron chi connectivity index (χ3n) is 4.66. The molecule has 3 nitrogen and oxygen atoms in total. The van der Waals surface area contributed by atoms with E-state index < -0.39 is 5.82 Å². The smallest absolute Gasteiger partial charge is 0.176 e. The predicted molar refractivity (Wildman–Crippen MR) is 85.9 cm³/mol. The fourth-order valence-corrected chi connectivity index (χ4v) is 3.27. The molecule has 2 atom stereocenters. The second-order valence-corrected chi connectivity index (χ2v) is 5.85. The van der Waals surface area contributed by atoms with E-state index in [4.69, 9.17) is 9.47 Å². The Morgan fingerprint density at radius 1 is 1.04 bits per heavy atom. The molecule has 2 aromatic rings. The molecule has 23 heavy (non-hydrogen) atoms. The summed E-state index contributed by atoms with van der Waals surface area (Å²) in [7, 11) is 3.02. The zero-order valence-corrected chi connectivity index (χ0v) is 13.4. The Morgan fingerprint density at radius 3 is 2.35 bits per heavy atom. The molecule has 2 unspecified atom stereocenters. The van der Waals surface area contributed by atoms with Crippen LogP contribution in [0.3, 0.4) is 0 Å². The van der Waals surface area contributed by atoms with Gasteiger partial charge in [-0.1, -0.05) is 25.1 Å². The Kier molecular flexibility index (Phi) is 4.07. The highest BCUT2D eigenvalue weighted by atomic mass is 19.1. The van der Waals surface area contributed by atoms with Crippen LogP contribution in [0.5, 0.6) is 11.5 Å². The molecule has 0 aromatic heterocycles. The first kappa shape index (κ1) is 15.5. The second kappa shape index (κ2) is 6.03. The van der Waals surface area contributed by atoms with E-state index in [0.29, 0.717) is 6.42 Å². The number of hydrogen-bond donors (Lipinski definition) is 0. The highest BCUT2D eigenvalue weighted by Gasteiger charge is 2.36. The van der Waals surface area contributed by atoms with Gasteiger partial charge in [-0.3, -0.25) is 4.79 Å². The number of rotatable bonds is 3. The van der Waals surface area contributed by atoms with Gasteiger partial charge in [-0.15, -0.1) is 0 Å². The van der Waals surface area contributed by atoms with Gasteiger partial charge in [-0.05, 0) is 41.7 Å². The molecule has 2 aromatic carbocycles. The molecule has 0 spiro atoms. The summed E-state index contributed by atoms with van der Waals surface area (Å²) in [6.45, 7) is 1.86. The van der Waals surface area contributed by atoms with E-state index in [1.54, 1.807) is 19.2 Å². The lowest BCUT2D eigenvalue weighted by atomic mass is 9.72. The summed E-state index contributed by atoms with van der Waals surface area (Å²) in [6.07, 6.45) is 0.634. The summed E-state index contributed by atoms with van der Waals surface area (Å²) in [4.78, 5) is 12.7. The molecule has 0 saturated heterocycles. The molecule has 0 heterocycles. The van der Waals surface area contributed by atoms with E-state index in [1.807, 2.05) is 31.2 Å². The van der Waals surface area contributed by atoms with Crippen molar-refractivity contribution in [2.45, 2.75) is 19.3 Å². The number of halogens is 1. The van der Waals surface area contributed by atoms with E-state index in [1.165, 1.54) is 7.11 Å². The third-order valence-corrected chi connectivity index (χ3v) is 4.66. The van der Waals surface area contributed by atoms with Gasteiger partial charge in [0, 0.05) is 5.92 Å². The van der Waals surface area contributed by atoms with Crippen LogP contribution in [0.2, 0.25) is 0 Å². The van der Waals surface area contributed by atoms with Crippen LogP contribution in [0, 0.1) is 11.7 Å². The fraction of sp³-hybridized carbons (Fsp3) is 0.316. The first-order chi connectivity index (χ1) is 11.1. The van der Waals surface area contributed by atoms with Crippen molar-refractivity contribution in [3.63, 3.8) is 0 Å². The van der Waals surface area contributed by atoms with E-state index in [-0.39, 0.29) is 28.9 Å². The number of carbonyl (C=O) groups excluding carboxylic acids is 1. The number of ketones is 1.